The van der Waals surface area contributed by atoms with Crippen LogP contribution in [0.5, 0.6) is 5.75 Å². The number of aromatic hydroxyl groups is 1. The second-order valence-electron chi connectivity index (χ2n) is 6.40. The Labute approximate surface area is 117 Å². The van der Waals surface area contributed by atoms with Crippen LogP contribution in [0.15, 0.2) is 18.2 Å². The van der Waals surface area contributed by atoms with E-state index in [0.29, 0.717) is 5.69 Å². The van der Waals surface area contributed by atoms with Gasteiger partial charge in [0.15, 0.2) is 0 Å². The minimum Gasteiger partial charge on any atom is -0.508 e. The SMILES string of the molecule is CC(C)(C)OC(=O)N1C(=O)C2(CC2)c2ccc(O)cc21. The number of anilines is 1. The second-order valence-corrected chi connectivity index (χ2v) is 6.40. The largest absolute Gasteiger partial charge is 0.508 e. The number of nitrogens with zero attached hydrogens (tertiary/aromatic N) is 1. The van der Waals surface area contributed by atoms with Crippen LogP contribution in [0.4, 0.5) is 10.5 Å². The van der Waals surface area contributed by atoms with E-state index in [2.05, 4.69) is 0 Å². The highest BCUT2D eigenvalue weighted by Gasteiger charge is 2.61. The lowest BCUT2D eigenvalue weighted by molar-refractivity contribution is -0.120. The molecule has 0 aromatic heterocycles. The third kappa shape index (κ3) is 1.77. The van der Waals surface area contributed by atoms with Crippen molar-refractivity contribution in [1.29, 1.82) is 0 Å². The molecule has 3 rings (SSSR count). The third-order valence-corrected chi connectivity index (χ3v) is 3.68. The lowest BCUT2D eigenvalue weighted by Crippen LogP contribution is -2.41. The van der Waals surface area contributed by atoms with Gasteiger partial charge in [0.2, 0.25) is 5.91 Å². The molecule has 5 nitrogen and oxygen atoms in total. The molecule has 1 saturated carbocycles. The van der Waals surface area contributed by atoms with E-state index in [-0.39, 0.29) is 11.7 Å². The Balaban J connectivity index is 2.03. The summed E-state index contributed by atoms with van der Waals surface area (Å²) in [5, 5.41) is 9.62. The van der Waals surface area contributed by atoms with Gasteiger partial charge in [0.05, 0.1) is 11.1 Å². The molecule has 1 N–H and O–H groups in total. The van der Waals surface area contributed by atoms with Crippen molar-refractivity contribution >= 4 is 17.7 Å². The minimum absolute atomic E-state index is 0.0304. The molecule has 2 aliphatic rings. The van der Waals surface area contributed by atoms with Crippen LogP contribution < -0.4 is 4.90 Å². The second kappa shape index (κ2) is 3.75. The molecule has 0 atom stereocenters. The monoisotopic (exact) mass is 275 g/mol. The van der Waals surface area contributed by atoms with Crippen LogP contribution in [0, 0.1) is 0 Å². The van der Waals surface area contributed by atoms with Crippen molar-refractivity contribution in [1.82, 2.24) is 0 Å². The Morgan fingerprint density at radius 2 is 2.00 bits per heavy atom. The zero-order valence-corrected chi connectivity index (χ0v) is 11.8. The molecule has 1 aromatic rings. The minimum atomic E-state index is -0.682. The zero-order valence-electron chi connectivity index (χ0n) is 11.8. The standard InChI is InChI=1S/C15H17NO4/c1-14(2,3)20-13(19)16-11-8-9(17)4-5-10(11)15(6-7-15)12(16)18/h4-5,8,17H,6-7H2,1-3H3. The van der Waals surface area contributed by atoms with Gasteiger partial charge in [-0.15, -0.1) is 0 Å². The summed E-state index contributed by atoms with van der Waals surface area (Å²) >= 11 is 0. The summed E-state index contributed by atoms with van der Waals surface area (Å²) in [6.07, 6.45) is 0.796. The summed E-state index contributed by atoms with van der Waals surface area (Å²) in [7, 11) is 0. The Hall–Kier alpha value is -2.04. The highest BCUT2D eigenvalue weighted by molar-refractivity contribution is 6.22. The molecule has 1 fully saturated rings. The summed E-state index contributed by atoms with van der Waals surface area (Å²) in [4.78, 5) is 25.9. The van der Waals surface area contributed by atoms with Crippen molar-refractivity contribution < 1.29 is 19.4 Å². The van der Waals surface area contributed by atoms with E-state index in [1.165, 1.54) is 6.07 Å². The highest BCUT2D eigenvalue weighted by atomic mass is 16.6. The maximum atomic E-state index is 12.5. The molecule has 0 unspecified atom stereocenters. The van der Waals surface area contributed by atoms with Gasteiger partial charge in [0.1, 0.15) is 11.4 Å². The first kappa shape index (κ1) is 13.0. The summed E-state index contributed by atoms with van der Waals surface area (Å²) in [6.45, 7) is 5.26. The molecule has 1 aliphatic carbocycles. The number of ether oxygens (including phenoxy) is 1. The van der Waals surface area contributed by atoms with Gasteiger partial charge in [-0.25, -0.2) is 9.69 Å². The quantitative estimate of drug-likeness (QED) is 0.790. The van der Waals surface area contributed by atoms with Crippen molar-refractivity contribution in [2.45, 2.75) is 44.6 Å². The summed E-state index contributed by atoms with van der Waals surface area (Å²) < 4.78 is 5.29. The third-order valence-electron chi connectivity index (χ3n) is 3.68. The number of fused-ring (bicyclic) bond motifs is 2. The fourth-order valence-electron chi connectivity index (χ4n) is 2.65. The molecule has 0 saturated heterocycles. The fraction of sp³-hybridized carbons (Fsp3) is 0.467. The van der Waals surface area contributed by atoms with Crippen LogP contribution in [0.2, 0.25) is 0 Å². The van der Waals surface area contributed by atoms with Crippen molar-refractivity contribution in [2.75, 3.05) is 4.90 Å². The molecule has 5 heteroatoms. The summed E-state index contributed by atoms with van der Waals surface area (Å²) in [5.41, 5.74) is 0.0149. The molecular weight excluding hydrogens is 258 g/mol. The normalized spacial score (nSPS) is 19.1. The van der Waals surface area contributed by atoms with Crippen molar-refractivity contribution in [3.63, 3.8) is 0 Å². The van der Waals surface area contributed by atoms with Gasteiger partial charge in [0.25, 0.3) is 0 Å². The lowest BCUT2D eigenvalue weighted by atomic mass is 9.98. The van der Waals surface area contributed by atoms with Crippen molar-refractivity contribution in [3.8, 4) is 5.75 Å². The Morgan fingerprint density at radius 3 is 2.55 bits per heavy atom. The van der Waals surface area contributed by atoms with Gasteiger partial charge < -0.3 is 9.84 Å². The Bertz CT molecular complexity index is 611. The molecule has 1 aromatic carbocycles. The topological polar surface area (TPSA) is 66.8 Å². The number of carbonyl (C=O) groups is 2. The first-order chi connectivity index (χ1) is 9.24. The van der Waals surface area contributed by atoms with Crippen LogP contribution in [0.3, 0.4) is 0 Å². The maximum absolute atomic E-state index is 12.5. The molecule has 1 heterocycles. The number of phenolic OH excluding ortho intramolecular Hbond substituents is 1. The van der Waals surface area contributed by atoms with E-state index in [4.69, 9.17) is 4.74 Å². The number of hydrogen-bond donors (Lipinski definition) is 1. The Morgan fingerprint density at radius 1 is 1.35 bits per heavy atom. The van der Waals surface area contributed by atoms with Gasteiger partial charge in [-0.1, -0.05) is 6.07 Å². The van der Waals surface area contributed by atoms with Gasteiger partial charge in [-0.2, -0.15) is 0 Å². The molecule has 0 radical (unpaired) electrons. The molecule has 20 heavy (non-hydrogen) atoms. The predicted octanol–water partition coefficient (Wildman–Crippen LogP) is 2.71. The molecule has 1 aliphatic heterocycles. The smallest absolute Gasteiger partial charge is 0.421 e. The first-order valence-electron chi connectivity index (χ1n) is 6.66. The highest BCUT2D eigenvalue weighted by Crippen LogP contribution is 2.58. The van der Waals surface area contributed by atoms with E-state index in [0.717, 1.165) is 23.3 Å². The van der Waals surface area contributed by atoms with Crippen LogP contribution in [0.25, 0.3) is 0 Å². The van der Waals surface area contributed by atoms with Crippen LogP contribution in [0.1, 0.15) is 39.2 Å². The zero-order chi connectivity index (χ0) is 14.7. The molecular formula is C15H17NO4. The van der Waals surface area contributed by atoms with Crippen molar-refractivity contribution in [3.05, 3.63) is 23.8 Å². The lowest BCUT2D eigenvalue weighted by Gasteiger charge is -2.24. The molecule has 106 valence electrons. The van der Waals surface area contributed by atoms with Crippen molar-refractivity contribution in [2.24, 2.45) is 0 Å². The van der Waals surface area contributed by atoms with Crippen LogP contribution >= 0.6 is 0 Å². The summed E-state index contributed by atoms with van der Waals surface area (Å²) in [6, 6.07) is 4.72. The number of amides is 2. The molecule has 2 amide bonds. The van der Waals surface area contributed by atoms with Gasteiger partial charge in [-0.05, 0) is 45.2 Å². The van der Waals surface area contributed by atoms with Gasteiger partial charge in [-0.3, -0.25) is 4.79 Å². The molecule has 0 bridgehead atoms. The van der Waals surface area contributed by atoms with E-state index < -0.39 is 17.1 Å². The predicted molar refractivity (Wildman–Crippen MR) is 72.7 cm³/mol. The summed E-state index contributed by atoms with van der Waals surface area (Å²) in [5.74, 6) is -0.213. The van der Waals surface area contributed by atoms with E-state index in [1.807, 2.05) is 0 Å². The fourth-order valence-corrected chi connectivity index (χ4v) is 2.65. The number of imide groups is 1. The maximum Gasteiger partial charge on any atom is 0.421 e. The van der Waals surface area contributed by atoms with Gasteiger partial charge in [0, 0.05) is 6.07 Å². The number of carbonyl (C=O) groups excluding carboxylic acids is 2. The van der Waals surface area contributed by atoms with E-state index in [1.54, 1.807) is 32.9 Å². The number of benzene rings is 1. The number of rotatable bonds is 0. The Kier molecular flexibility index (Phi) is 2.43. The van der Waals surface area contributed by atoms with E-state index in [9.17, 15) is 14.7 Å². The number of phenols is 1. The van der Waals surface area contributed by atoms with Crippen LogP contribution in [-0.2, 0) is 14.9 Å². The van der Waals surface area contributed by atoms with Crippen LogP contribution in [-0.4, -0.2) is 22.7 Å². The average Bonchev–Trinajstić information content (AvgIpc) is 3.03. The first-order valence-corrected chi connectivity index (χ1v) is 6.66. The van der Waals surface area contributed by atoms with Gasteiger partial charge >= 0.3 is 6.09 Å². The number of hydrogen-bond acceptors (Lipinski definition) is 4. The molecule has 1 spiro atoms. The van der Waals surface area contributed by atoms with E-state index >= 15 is 0 Å². The average molecular weight is 275 g/mol.